The normalized spacial score (nSPS) is 17.6. The zero-order valence-corrected chi connectivity index (χ0v) is 23.5. The molecule has 1 saturated carbocycles. The molecular formula is C32H33N5O2S. The van der Waals surface area contributed by atoms with Gasteiger partial charge in [0.15, 0.2) is 0 Å². The Labute approximate surface area is 235 Å². The highest BCUT2D eigenvalue weighted by atomic mass is 32.2. The van der Waals surface area contributed by atoms with E-state index < -0.39 is 10.0 Å². The second-order valence-electron chi connectivity index (χ2n) is 10.7. The van der Waals surface area contributed by atoms with Crippen LogP contribution >= 0.6 is 0 Å². The van der Waals surface area contributed by atoms with E-state index in [2.05, 4.69) is 45.4 Å². The highest BCUT2D eigenvalue weighted by molar-refractivity contribution is 7.89. The second-order valence-corrected chi connectivity index (χ2v) is 12.3. The third kappa shape index (κ3) is 5.37. The first-order chi connectivity index (χ1) is 19.4. The maximum absolute atomic E-state index is 13.5. The van der Waals surface area contributed by atoms with E-state index in [0.717, 1.165) is 53.4 Å². The fourth-order valence-corrected chi connectivity index (χ4v) is 7.17. The number of sulfonamides is 1. The standard InChI is InChI=1S/C32H33N5O2S/c1-37(2)30-11-5-10-28-27(30)9-6-12-31(28)40(38,39)36-26-17-15-25(16-18-26)34-32-33-20-19-29(35-32)24-14-13-22-7-3-4-8-23(22)21-24/h3-14,19-21,25-26,36H,15-18H2,1-2H3,(H,33,34,35)/t25-,26-. The van der Waals surface area contributed by atoms with Gasteiger partial charge in [0.05, 0.1) is 10.6 Å². The fraction of sp³-hybridized carbons (Fsp3) is 0.250. The third-order valence-corrected chi connectivity index (χ3v) is 9.29. The molecule has 0 radical (unpaired) electrons. The average Bonchev–Trinajstić information content (AvgIpc) is 2.97. The number of aromatic nitrogens is 2. The number of rotatable bonds is 7. The molecule has 0 bridgehead atoms. The number of benzene rings is 4. The van der Waals surface area contributed by atoms with Crippen LogP contribution in [0.15, 0.2) is 96.0 Å². The minimum Gasteiger partial charge on any atom is -0.377 e. The van der Waals surface area contributed by atoms with E-state index >= 15 is 0 Å². The molecule has 40 heavy (non-hydrogen) atoms. The zero-order valence-electron chi connectivity index (χ0n) is 22.7. The molecule has 0 atom stereocenters. The molecule has 4 aromatic carbocycles. The highest BCUT2D eigenvalue weighted by Crippen LogP contribution is 2.31. The fourth-order valence-electron chi connectivity index (χ4n) is 5.65. The summed E-state index contributed by atoms with van der Waals surface area (Å²) >= 11 is 0. The van der Waals surface area contributed by atoms with Gasteiger partial charge >= 0.3 is 0 Å². The SMILES string of the molecule is CN(C)c1cccc2c(S(=O)(=O)N[C@H]3CC[C@H](Nc4nccc(-c5ccc6ccccc6c5)n4)CC3)cccc12. The summed E-state index contributed by atoms with van der Waals surface area (Å²) in [6.45, 7) is 0. The van der Waals surface area contributed by atoms with Crippen LogP contribution in [0.2, 0.25) is 0 Å². The molecule has 8 heteroatoms. The predicted molar refractivity (Wildman–Crippen MR) is 163 cm³/mol. The molecule has 204 valence electrons. The summed E-state index contributed by atoms with van der Waals surface area (Å²) in [6.07, 6.45) is 4.93. The van der Waals surface area contributed by atoms with Crippen LogP contribution in [0.5, 0.6) is 0 Å². The van der Waals surface area contributed by atoms with E-state index in [4.69, 9.17) is 4.98 Å². The van der Waals surface area contributed by atoms with E-state index in [1.54, 1.807) is 12.3 Å². The molecule has 0 saturated heterocycles. The van der Waals surface area contributed by atoms with Gasteiger partial charge in [0.2, 0.25) is 16.0 Å². The van der Waals surface area contributed by atoms with Gasteiger partial charge in [-0.2, -0.15) is 0 Å². The summed E-state index contributed by atoms with van der Waals surface area (Å²) in [6, 6.07) is 27.9. The molecule has 5 aromatic rings. The maximum Gasteiger partial charge on any atom is 0.241 e. The molecule has 0 amide bonds. The Balaban J connectivity index is 1.11. The van der Waals surface area contributed by atoms with Crippen molar-refractivity contribution in [2.75, 3.05) is 24.3 Å². The number of hydrogen-bond donors (Lipinski definition) is 2. The van der Waals surface area contributed by atoms with Gasteiger partial charge in [0.25, 0.3) is 0 Å². The molecule has 1 aliphatic carbocycles. The van der Waals surface area contributed by atoms with Crippen LogP contribution in [-0.2, 0) is 10.0 Å². The van der Waals surface area contributed by atoms with Gasteiger partial charge in [-0.05, 0) is 60.7 Å². The Kier molecular flexibility index (Phi) is 7.12. The van der Waals surface area contributed by atoms with Gasteiger partial charge in [0, 0.05) is 54.4 Å². The maximum atomic E-state index is 13.5. The van der Waals surface area contributed by atoms with Crippen molar-refractivity contribution >= 4 is 43.2 Å². The first kappa shape index (κ1) is 26.2. The minimum atomic E-state index is -3.67. The second kappa shape index (κ2) is 10.9. The van der Waals surface area contributed by atoms with Gasteiger partial charge in [-0.3, -0.25) is 0 Å². The quantitative estimate of drug-likeness (QED) is 0.250. The lowest BCUT2D eigenvalue weighted by Crippen LogP contribution is -2.40. The molecule has 0 unspecified atom stereocenters. The topological polar surface area (TPSA) is 87.2 Å². The lowest BCUT2D eigenvalue weighted by atomic mass is 9.92. The van der Waals surface area contributed by atoms with Crippen molar-refractivity contribution in [1.82, 2.24) is 14.7 Å². The largest absolute Gasteiger partial charge is 0.377 e. The summed E-state index contributed by atoms with van der Waals surface area (Å²) < 4.78 is 29.9. The number of nitrogens with zero attached hydrogens (tertiary/aromatic N) is 3. The molecular weight excluding hydrogens is 518 g/mol. The third-order valence-electron chi connectivity index (χ3n) is 7.71. The summed E-state index contributed by atoms with van der Waals surface area (Å²) in [5.41, 5.74) is 2.92. The van der Waals surface area contributed by atoms with Crippen LogP contribution in [-0.4, -0.2) is 44.6 Å². The van der Waals surface area contributed by atoms with E-state index in [1.165, 1.54) is 10.8 Å². The van der Waals surface area contributed by atoms with Crippen molar-refractivity contribution in [3.8, 4) is 11.3 Å². The Hall–Kier alpha value is -4.01. The molecule has 1 aromatic heterocycles. The number of fused-ring (bicyclic) bond motifs is 2. The minimum absolute atomic E-state index is 0.111. The summed E-state index contributed by atoms with van der Waals surface area (Å²) in [4.78, 5) is 11.6. The molecule has 1 fully saturated rings. The average molecular weight is 552 g/mol. The van der Waals surface area contributed by atoms with Crippen molar-refractivity contribution < 1.29 is 8.42 Å². The summed E-state index contributed by atoms with van der Waals surface area (Å²) in [5.74, 6) is 0.599. The summed E-state index contributed by atoms with van der Waals surface area (Å²) in [5, 5.41) is 7.52. The van der Waals surface area contributed by atoms with Crippen molar-refractivity contribution in [2.45, 2.75) is 42.7 Å². The van der Waals surface area contributed by atoms with Gasteiger partial charge in [-0.1, -0.05) is 60.7 Å². The Morgan fingerprint density at radius 2 is 1.50 bits per heavy atom. The van der Waals surface area contributed by atoms with Crippen LogP contribution in [0.3, 0.4) is 0 Å². The van der Waals surface area contributed by atoms with Crippen LogP contribution in [0.25, 0.3) is 32.8 Å². The van der Waals surface area contributed by atoms with Gasteiger partial charge in [0.1, 0.15) is 0 Å². The monoisotopic (exact) mass is 551 g/mol. The van der Waals surface area contributed by atoms with Crippen LogP contribution < -0.4 is 14.9 Å². The van der Waals surface area contributed by atoms with E-state index in [0.29, 0.717) is 10.8 Å². The molecule has 1 heterocycles. The van der Waals surface area contributed by atoms with Crippen LogP contribution in [0.1, 0.15) is 25.7 Å². The van der Waals surface area contributed by atoms with Crippen molar-refractivity contribution in [1.29, 1.82) is 0 Å². The van der Waals surface area contributed by atoms with Crippen LogP contribution in [0, 0.1) is 0 Å². The molecule has 2 N–H and O–H groups in total. The first-order valence-electron chi connectivity index (χ1n) is 13.7. The Morgan fingerprint density at radius 1 is 0.775 bits per heavy atom. The molecule has 6 rings (SSSR count). The number of nitrogens with one attached hydrogen (secondary N) is 2. The molecule has 7 nitrogen and oxygen atoms in total. The van der Waals surface area contributed by atoms with Gasteiger partial charge in [-0.15, -0.1) is 0 Å². The molecule has 0 spiro atoms. The molecule has 1 aliphatic rings. The van der Waals surface area contributed by atoms with Crippen LogP contribution in [0.4, 0.5) is 11.6 Å². The Morgan fingerprint density at radius 3 is 2.30 bits per heavy atom. The Bertz CT molecular complexity index is 1780. The highest BCUT2D eigenvalue weighted by Gasteiger charge is 2.27. The van der Waals surface area contributed by atoms with E-state index in [1.807, 2.05) is 67.5 Å². The lowest BCUT2D eigenvalue weighted by Gasteiger charge is -2.29. The molecule has 0 aliphatic heterocycles. The van der Waals surface area contributed by atoms with Crippen molar-refractivity contribution in [2.24, 2.45) is 0 Å². The number of anilines is 2. The predicted octanol–water partition coefficient (Wildman–Crippen LogP) is 6.22. The summed E-state index contributed by atoms with van der Waals surface area (Å²) in [7, 11) is 0.256. The number of hydrogen-bond acceptors (Lipinski definition) is 6. The van der Waals surface area contributed by atoms with E-state index in [-0.39, 0.29) is 12.1 Å². The first-order valence-corrected chi connectivity index (χ1v) is 15.2. The lowest BCUT2D eigenvalue weighted by molar-refractivity contribution is 0.386. The van der Waals surface area contributed by atoms with Crippen molar-refractivity contribution in [3.05, 3.63) is 91.1 Å². The smallest absolute Gasteiger partial charge is 0.241 e. The van der Waals surface area contributed by atoms with Gasteiger partial charge in [-0.25, -0.2) is 23.1 Å². The van der Waals surface area contributed by atoms with E-state index in [9.17, 15) is 8.42 Å². The van der Waals surface area contributed by atoms with Crippen molar-refractivity contribution in [3.63, 3.8) is 0 Å². The van der Waals surface area contributed by atoms with Gasteiger partial charge < -0.3 is 10.2 Å². The zero-order chi connectivity index (χ0) is 27.7.